The molecular formula is C13H16N2O3S2. The van der Waals surface area contributed by atoms with Gasteiger partial charge in [-0.25, -0.2) is 9.78 Å². The Balaban J connectivity index is 2.86. The number of carboxylic acids is 1. The Bertz CT molecular complexity index is 731. The first-order valence-corrected chi connectivity index (χ1v) is 8.20. The molecule has 2 heterocycles. The van der Waals surface area contributed by atoms with Gasteiger partial charge in [-0.1, -0.05) is 18.7 Å². The predicted molar refractivity (Wildman–Crippen MR) is 82.0 cm³/mol. The molecule has 5 nitrogen and oxygen atoms in total. The number of aryl methyl sites for hydroxylation is 1. The largest absolute Gasteiger partial charge is 0.480 e. The summed E-state index contributed by atoms with van der Waals surface area (Å²) in [6.07, 6.45) is 2.62. The molecule has 7 heteroatoms. The van der Waals surface area contributed by atoms with Crippen LogP contribution in [0.25, 0.3) is 10.2 Å². The van der Waals surface area contributed by atoms with Crippen molar-refractivity contribution in [3.8, 4) is 0 Å². The van der Waals surface area contributed by atoms with Crippen LogP contribution in [0, 0.1) is 0 Å². The molecule has 0 aromatic carbocycles. The number of fused-ring (bicyclic) bond motifs is 1. The summed E-state index contributed by atoms with van der Waals surface area (Å²) in [5.41, 5.74) is -1.62. The highest BCUT2D eigenvalue weighted by atomic mass is 32.2. The van der Waals surface area contributed by atoms with E-state index in [0.29, 0.717) is 15.4 Å². The Kier molecular flexibility index (Phi) is 3.93. The van der Waals surface area contributed by atoms with Crippen LogP contribution in [0.5, 0.6) is 0 Å². The molecule has 0 spiro atoms. The molecule has 0 fully saturated rings. The summed E-state index contributed by atoms with van der Waals surface area (Å²) in [5, 5.41) is 10.3. The Morgan fingerprint density at radius 2 is 2.20 bits per heavy atom. The summed E-state index contributed by atoms with van der Waals surface area (Å²) in [4.78, 5) is 30.3. The zero-order valence-electron chi connectivity index (χ0n) is 11.8. The van der Waals surface area contributed by atoms with Gasteiger partial charge in [0.25, 0.3) is 5.56 Å². The number of aliphatic carboxylic acids is 1. The maximum absolute atomic E-state index is 12.6. The molecule has 0 aliphatic rings. The standard InChI is InChI=1S/C13H16N2O3S2/c1-5-7-6-8-9(20-7)14-12(19-4)15(10(8)16)13(2,3)11(17)18/h6H,5H2,1-4H3,(H,17,18). The highest BCUT2D eigenvalue weighted by Crippen LogP contribution is 2.27. The van der Waals surface area contributed by atoms with Gasteiger partial charge >= 0.3 is 5.97 Å². The van der Waals surface area contributed by atoms with Crippen molar-refractivity contribution in [1.29, 1.82) is 0 Å². The van der Waals surface area contributed by atoms with Crippen molar-refractivity contribution in [2.75, 3.05) is 6.26 Å². The van der Waals surface area contributed by atoms with E-state index >= 15 is 0 Å². The van der Waals surface area contributed by atoms with Gasteiger partial charge < -0.3 is 5.11 Å². The van der Waals surface area contributed by atoms with Crippen LogP contribution >= 0.6 is 23.1 Å². The van der Waals surface area contributed by atoms with Gasteiger partial charge in [0, 0.05) is 4.88 Å². The second-order valence-corrected chi connectivity index (χ2v) is 6.78. The summed E-state index contributed by atoms with van der Waals surface area (Å²) < 4.78 is 1.27. The summed E-state index contributed by atoms with van der Waals surface area (Å²) in [6.45, 7) is 5.04. The van der Waals surface area contributed by atoms with E-state index in [1.54, 1.807) is 6.26 Å². The van der Waals surface area contributed by atoms with Crippen LogP contribution in [0.15, 0.2) is 16.0 Å². The maximum Gasteiger partial charge on any atom is 0.329 e. The van der Waals surface area contributed by atoms with Crippen molar-refractivity contribution in [2.45, 2.75) is 37.9 Å². The van der Waals surface area contributed by atoms with Gasteiger partial charge in [0.2, 0.25) is 0 Å². The molecule has 2 aromatic rings. The Morgan fingerprint density at radius 3 is 2.70 bits per heavy atom. The average Bonchev–Trinajstić information content (AvgIpc) is 2.81. The van der Waals surface area contributed by atoms with E-state index in [1.807, 2.05) is 13.0 Å². The Hall–Kier alpha value is -1.34. The van der Waals surface area contributed by atoms with Gasteiger partial charge in [-0.3, -0.25) is 9.36 Å². The van der Waals surface area contributed by atoms with Crippen LogP contribution in [-0.2, 0) is 16.8 Å². The van der Waals surface area contributed by atoms with Gasteiger partial charge in [0.15, 0.2) is 5.16 Å². The van der Waals surface area contributed by atoms with E-state index in [0.717, 1.165) is 11.3 Å². The van der Waals surface area contributed by atoms with Gasteiger partial charge in [0.05, 0.1) is 5.39 Å². The minimum absolute atomic E-state index is 0.289. The molecule has 108 valence electrons. The summed E-state index contributed by atoms with van der Waals surface area (Å²) in [5.74, 6) is -1.05. The van der Waals surface area contributed by atoms with Crippen molar-refractivity contribution in [1.82, 2.24) is 9.55 Å². The average molecular weight is 312 g/mol. The third-order valence-corrected chi connectivity index (χ3v) is 5.01. The first-order valence-electron chi connectivity index (χ1n) is 6.16. The lowest BCUT2D eigenvalue weighted by Crippen LogP contribution is -2.43. The summed E-state index contributed by atoms with van der Waals surface area (Å²) >= 11 is 2.76. The normalized spacial score (nSPS) is 12.0. The van der Waals surface area contributed by atoms with Crippen LogP contribution in [0.3, 0.4) is 0 Å². The smallest absolute Gasteiger partial charge is 0.329 e. The second-order valence-electron chi connectivity index (χ2n) is 4.89. The fourth-order valence-electron chi connectivity index (χ4n) is 1.91. The van der Waals surface area contributed by atoms with Gasteiger partial charge in [0.1, 0.15) is 10.4 Å². The number of aromatic nitrogens is 2. The molecule has 0 saturated heterocycles. The fraction of sp³-hybridized carbons (Fsp3) is 0.462. The van der Waals surface area contributed by atoms with Crippen molar-refractivity contribution < 1.29 is 9.90 Å². The topological polar surface area (TPSA) is 72.2 Å². The van der Waals surface area contributed by atoms with Crippen LogP contribution in [-0.4, -0.2) is 26.9 Å². The van der Waals surface area contributed by atoms with Crippen LogP contribution in [0.2, 0.25) is 0 Å². The van der Waals surface area contributed by atoms with E-state index in [4.69, 9.17) is 0 Å². The zero-order chi connectivity index (χ0) is 15.1. The molecule has 2 aromatic heterocycles. The minimum Gasteiger partial charge on any atom is -0.480 e. The van der Waals surface area contributed by atoms with E-state index < -0.39 is 11.5 Å². The molecular weight excluding hydrogens is 296 g/mol. The fourth-order valence-corrected chi connectivity index (χ4v) is 3.60. The van der Waals surface area contributed by atoms with Crippen LogP contribution in [0.4, 0.5) is 0 Å². The SMILES string of the molecule is CCc1cc2c(=O)n(C(C)(C)C(=O)O)c(SC)nc2s1. The molecule has 20 heavy (non-hydrogen) atoms. The molecule has 0 aliphatic carbocycles. The van der Waals surface area contributed by atoms with E-state index in [2.05, 4.69) is 4.98 Å². The number of thioether (sulfide) groups is 1. The van der Waals surface area contributed by atoms with Crippen LogP contribution in [0.1, 0.15) is 25.6 Å². The number of carbonyl (C=O) groups is 1. The van der Waals surface area contributed by atoms with Gasteiger partial charge in [-0.2, -0.15) is 0 Å². The van der Waals surface area contributed by atoms with Crippen molar-refractivity contribution in [3.63, 3.8) is 0 Å². The molecule has 0 amide bonds. The van der Waals surface area contributed by atoms with Crippen molar-refractivity contribution in [3.05, 3.63) is 21.3 Å². The van der Waals surface area contributed by atoms with E-state index in [9.17, 15) is 14.7 Å². The monoisotopic (exact) mass is 312 g/mol. The number of rotatable bonds is 4. The molecule has 0 atom stereocenters. The lowest BCUT2D eigenvalue weighted by molar-refractivity contribution is -0.146. The molecule has 0 saturated carbocycles. The van der Waals surface area contributed by atoms with Gasteiger partial charge in [-0.15, -0.1) is 11.3 Å². The van der Waals surface area contributed by atoms with Crippen LogP contribution < -0.4 is 5.56 Å². The molecule has 0 radical (unpaired) electrons. The highest BCUT2D eigenvalue weighted by molar-refractivity contribution is 7.98. The zero-order valence-corrected chi connectivity index (χ0v) is 13.4. The third-order valence-electron chi connectivity index (χ3n) is 3.20. The molecule has 0 bridgehead atoms. The number of nitrogens with zero attached hydrogens (tertiary/aromatic N) is 2. The highest BCUT2D eigenvalue weighted by Gasteiger charge is 2.33. The van der Waals surface area contributed by atoms with E-state index in [1.165, 1.54) is 41.5 Å². The van der Waals surface area contributed by atoms with Crippen molar-refractivity contribution >= 4 is 39.3 Å². The Labute approximate surface area is 124 Å². The summed E-state index contributed by atoms with van der Waals surface area (Å²) in [6, 6.07) is 1.81. The van der Waals surface area contributed by atoms with E-state index in [-0.39, 0.29) is 5.56 Å². The maximum atomic E-state index is 12.6. The third kappa shape index (κ3) is 2.25. The quantitative estimate of drug-likeness (QED) is 0.694. The molecule has 0 unspecified atom stereocenters. The lowest BCUT2D eigenvalue weighted by atomic mass is 10.1. The van der Waals surface area contributed by atoms with Gasteiger partial charge in [-0.05, 0) is 32.6 Å². The summed E-state index contributed by atoms with van der Waals surface area (Å²) in [7, 11) is 0. The second kappa shape index (κ2) is 5.21. The number of carboxylic acid groups (broad SMARTS) is 1. The Morgan fingerprint density at radius 1 is 1.55 bits per heavy atom. The molecule has 1 N–H and O–H groups in total. The molecule has 0 aliphatic heterocycles. The molecule has 2 rings (SSSR count). The number of hydrogen-bond donors (Lipinski definition) is 1. The predicted octanol–water partition coefficient (Wildman–Crippen LogP) is 2.56. The number of hydrogen-bond acceptors (Lipinski definition) is 5. The number of thiophene rings is 1. The first-order chi connectivity index (χ1) is 9.32. The van der Waals surface area contributed by atoms with Crippen molar-refractivity contribution in [2.24, 2.45) is 0 Å². The first kappa shape index (κ1) is 15.1. The minimum atomic E-state index is -1.33. The lowest BCUT2D eigenvalue weighted by Gasteiger charge is -2.24.